The molecule has 2 aromatic heterocycles. The number of nitrogens with zero attached hydrogens (tertiary/aromatic N) is 2. The normalized spacial score (nSPS) is 22.8. The molecule has 0 saturated carbocycles. The van der Waals surface area contributed by atoms with Gasteiger partial charge in [-0.25, -0.2) is 14.2 Å². The lowest BCUT2D eigenvalue weighted by Gasteiger charge is -2.40. The van der Waals surface area contributed by atoms with Crippen LogP contribution in [-0.4, -0.2) is 42.1 Å². The van der Waals surface area contributed by atoms with Gasteiger partial charge in [-0.15, -0.1) is 0 Å². The van der Waals surface area contributed by atoms with Gasteiger partial charge in [0.2, 0.25) is 0 Å². The number of esters is 1. The van der Waals surface area contributed by atoms with E-state index >= 15 is 4.39 Å². The van der Waals surface area contributed by atoms with Crippen molar-refractivity contribution < 1.29 is 23.5 Å². The Bertz CT molecular complexity index is 1760. The minimum Gasteiger partial charge on any atom is -0.458 e. The maximum absolute atomic E-state index is 15.2. The van der Waals surface area contributed by atoms with E-state index in [4.69, 9.17) is 14.1 Å². The van der Waals surface area contributed by atoms with Gasteiger partial charge in [-0.1, -0.05) is 27.7 Å². The van der Waals surface area contributed by atoms with Crippen LogP contribution in [0.25, 0.3) is 22.3 Å². The molecule has 6 rings (SSSR count). The maximum Gasteiger partial charge on any atom is 0.343 e. The fourth-order valence-corrected chi connectivity index (χ4v) is 7.88. The van der Waals surface area contributed by atoms with Crippen molar-refractivity contribution in [3.05, 3.63) is 61.7 Å². The molecule has 0 saturated heterocycles. The first-order valence-electron chi connectivity index (χ1n) is 15.3. The summed E-state index contributed by atoms with van der Waals surface area (Å²) in [7, 11) is -1.92. The molecule has 1 aliphatic carbocycles. The SMILES string of the molecule is CC[C@@]1(O)C(=O)OCc2c1cc1n(c2=O)Cc2c-1nc1cc(F)c(C)c3c1c2[C@@](C)(NCCO[Si](C)(C)C(C)(C)C)CC3. The first kappa shape index (κ1) is 30.1. The van der Waals surface area contributed by atoms with Crippen molar-refractivity contribution in [2.24, 2.45) is 0 Å². The summed E-state index contributed by atoms with van der Waals surface area (Å²) >= 11 is 0. The molecule has 2 N–H and O–H groups in total. The number of carbonyl (C=O) groups is 1. The van der Waals surface area contributed by atoms with E-state index in [0.717, 1.165) is 28.5 Å². The van der Waals surface area contributed by atoms with Crippen molar-refractivity contribution in [2.75, 3.05) is 13.2 Å². The Balaban J connectivity index is 1.50. The first-order chi connectivity index (χ1) is 20.0. The molecule has 3 aromatic rings. The number of aromatic nitrogens is 2. The number of aliphatic hydroxyl groups is 1. The summed E-state index contributed by atoms with van der Waals surface area (Å²) in [4.78, 5) is 31.4. The standard InChI is InChI=1S/C33H42FN3O5Si/c1-9-33(40)22-14-25-28-20(16-37(25)29(38)21(22)17-41-30(33)39)27-26-19(18(2)23(34)15-24(26)36-28)10-11-32(27,6)35-12-13-42-43(7,8)31(3,4)5/h14-15,35,40H,9-13,16-17H2,1-8H3/t32-,33-/m0/s1. The molecule has 43 heavy (non-hydrogen) atoms. The number of nitrogens with one attached hydrogen (secondary N) is 1. The lowest BCUT2D eigenvalue weighted by Crippen LogP contribution is -2.47. The molecule has 0 spiro atoms. The van der Waals surface area contributed by atoms with E-state index in [0.29, 0.717) is 48.6 Å². The van der Waals surface area contributed by atoms with Crippen LogP contribution in [-0.2, 0) is 44.7 Å². The third-order valence-electron chi connectivity index (χ3n) is 10.6. The predicted molar refractivity (Wildman–Crippen MR) is 166 cm³/mol. The van der Waals surface area contributed by atoms with Crippen LogP contribution in [0, 0.1) is 12.7 Å². The molecule has 0 fully saturated rings. The Morgan fingerprint density at radius 1 is 1.21 bits per heavy atom. The minimum absolute atomic E-state index is 0.0672. The minimum atomic E-state index is -1.92. The largest absolute Gasteiger partial charge is 0.458 e. The van der Waals surface area contributed by atoms with Crippen LogP contribution >= 0.6 is 0 Å². The van der Waals surface area contributed by atoms with Gasteiger partial charge in [-0.3, -0.25) is 4.79 Å². The van der Waals surface area contributed by atoms with Crippen molar-refractivity contribution in [2.45, 2.75) is 103 Å². The molecule has 3 aliphatic rings. The summed E-state index contributed by atoms with van der Waals surface area (Å²) in [6.45, 7) is 18.2. The van der Waals surface area contributed by atoms with Crippen LogP contribution in [0.15, 0.2) is 16.9 Å². The van der Waals surface area contributed by atoms with Gasteiger partial charge in [-0.2, -0.15) is 0 Å². The number of hydrogen-bond donors (Lipinski definition) is 2. The zero-order chi connectivity index (χ0) is 31.3. The Labute approximate surface area is 252 Å². The van der Waals surface area contributed by atoms with Crippen molar-refractivity contribution in [3.8, 4) is 11.4 Å². The zero-order valence-electron chi connectivity index (χ0n) is 26.5. The topological polar surface area (TPSA) is 103 Å². The summed E-state index contributed by atoms with van der Waals surface area (Å²) in [5, 5.41) is 16.1. The maximum atomic E-state index is 15.2. The van der Waals surface area contributed by atoms with E-state index in [1.807, 2.05) is 6.92 Å². The third-order valence-corrected chi connectivity index (χ3v) is 15.2. The van der Waals surface area contributed by atoms with Crippen LogP contribution in [0.1, 0.15) is 80.8 Å². The number of rotatable bonds is 6. The Hall–Kier alpha value is -2.92. The predicted octanol–water partition coefficient (Wildman–Crippen LogP) is 5.30. The van der Waals surface area contributed by atoms with E-state index in [9.17, 15) is 14.7 Å². The molecule has 4 heterocycles. The molecule has 2 atom stereocenters. The molecule has 0 bridgehead atoms. The molecule has 1 aromatic carbocycles. The number of pyridine rings is 2. The number of fused-ring (bicyclic) bond motifs is 5. The number of aryl methyl sites for hydroxylation is 1. The van der Waals surface area contributed by atoms with Gasteiger partial charge in [0.25, 0.3) is 5.56 Å². The van der Waals surface area contributed by atoms with Crippen LogP contribution in [0.4, 0.5) is 4.39 Å². The fraction of sp³-hybridized carbons (Fsp3) is 0.545. The van der Waals surface area contributed by atoms with Crippen molar-refractivity contribution >= 4 is 25.2 Å². The number of benzene rings is 1. The molecule has 0 amide bonds. The second-order valence-electron chi connectivity index (χ2n) is 14.1. The van der Waals surface area contributed by atoms with Crippen molar-refractivity contribution in [1.29, 1.82) is 0 Å². The number of carbonyl (C=O) groups excluding carboxylic acids is 1. The third kappa shape index (κ3) is 4.35. The number of halogens is 1. The fourth-order valence-electron chi connectivity index (χ4n) is 6.84. The van der Waals surface area contributed by atoms with E-state index in [1.54, 1.807) is 17.6 Å². The number of ether oxygens (including phenoxy) is 1. The molecule has 8 nitrogen and oxygen atoms in total. The second kappa shape index (κ2) is 9.79. The lowest BCUT2D eigenvalue weighted by atomic mass is 9.74. The summed E-state index contributed by atoms with van der Waals surface area (Å²) in [6, 6.07) is 3.20. The number of hydrogen-bond acceptors (Lipinski definition) is 7. The Morgan fingerprint density at radius 2 is 1.93 bits per heavy atom. The molecule has 0 radical (unpaired) electrons. The summed E-state index contributed by atoms with van der Waals surface area (Å²) in [5.41, 5.74) is 3.03. The Morgan fingerprint density at radius 3 is 2.60 bits per heavy atom. The van der Waals surface area contributed by atoms with Crippen LogP contribution in [0.5, 0.6) is 0 Å². The molecule has 10 heteroatoms. The van der Waals surface area contributed by atoms with Gasteiger partial charge < -0.3 is 24.2 Å². The first-order valence-corrected chi connectivity index (χ1v) is 18.2. The zero-order valence-corrected chi connectivity index (χ0v) is 27.5. The summed E-state index contributed by atoms with van der Waals surface area (Å²) < 4.78 is 28.6. The van der Waals surface area contributed by atoms with E-state index in [1.165, 1.54) is 6.07 Å². The smallest absolute Gasteiger partial charge is 0.343 e. The summed E-state index contributed by atoms with van der Waals surface area (Å²) in [6.07, 6.45) is 1.51. The van der Waals surface area contributed by atoms with E-state index in [2.05, 4.69) is 46.1 Å². The van der Waals surface area contributed by atoms with E-state index in [-0.39, 0.29) is 40.6 Å². The summed E-state index contributed by atoms with van der Waals surface area (Å²) in [5.74, 6) is -1.06. The van der Waals surface area contributed by atoms with Gasteiger partial charge in [-0.05, 0) is 74.0 Å². The van der Waals surface area contributed by atoms with Crippen LogP contribution < -0.4 is 10.9 Å². The average molecular weight is 608 g/mol. The number of cyclic esters (lactones) is 1. The van der Waals surface area contributed by atoms with Gasteiger partial charge >= 0.3 is 5.97 Å². The van der Waals surface area contributed by atoms with Gasteiger partial charge in [0.1, 0.15) is 12.4 Å². The molecular formula is C33H42FN3O5Si. The van der Waals surface area contributed by atoms with Gasteiger partial charge in [0, 0.05) is 41.3 Å². The van der Waals surface area contributed by atoms with Crippen molar-refractivity contribution in [1.82, 2.24) is 14.9 Å². The van der Waals surface area contributed by atoms with Crippen LogP contribution in [0.3, 0.4) is 0 Å². The van der Waals surface area contributed by atoms with Gasteiger partial charge in [0.05, 0.1) is 29.0 Å². The average Bonchev–Trinajstić information content (AvgIpc) is 3.30. The highest BCUT2D eigenvalue weighted by Gasteiger charge is 2.46. The highest BCUT2D eigenvalue weighted by Crippen LogP contribution is 2.48. The van der Waals surface area contributed by atoms with Crippen LogP contribution in [0.2, 0.25) is 18.1 Å². The quantitative estimate of drug-likeness (QED) is 0.174. The second-order valence-corrected chi connectivity index (χ2v) is 19.0. The lowest BCUT2D eigenvalue weighted by molar-refractivity contribution is -0.172. The van der Waals surface area contributed by atoms with Crippen molar-refractivity contribution in [3.63, 3.8) is 0 Å². The molecule has 0 unspecified atom stereocenters. The Kier molecular flexibility index (Phi) is 6.86. The molecular weight excluding hydrogens is 565 g/mol. The highest BCUT2D eigenvalue weighted by atomic mass is 28.4. The highest BCUT2D eigenvalue weighted by molar-refractivity contribution is 6.74. The monoisotopic (exact) mass is 607 g/mol. The van der Waals surface area contributed by atoms with Gasteiger partial charge in [0.15, 0.2) is 13.9 Å². The van der Waals surface area contributed by atoms with E-state index < -0.39 is 25.4 Å². The molecule has 2 aliphatic heterocycles. The molecule has 230 valence electrons.